The Morgan fingerprint density at radius 1 is 1.21 bits per heavy atom. The lowest BCUT2D eigenvalue weighted by Crippen LogP contribution is -2.49. The van der Waals surface area contributed by atoms with Crippen molar-refractivity contribution < 1.29 is 4.79 Å². The van der Waals surface area contributed by atoms with Gasteiger partial charge in [0.05, 0.1) is 0 Å². The highest BCUT2D eigenvalue weighted by molar-refractivity contribution is 5.76. The molecule has 4 heteroatoms. The summed E-state index contributed by atoms with van der Waals surface area (Å²) >= 11 is 0. The van der Waals surface area contributed by atoms with Crippen LogP contribution in [0.15, 0.2) is 30.3 Å². The molecule has 1 aliphatic rings. The second-order valence-electron chi connectivity index (χ2n) is 5.25. The molecule has 1 aromatic carbocycles. The van der Waals surface area contributed by atoms with Crippen LogP contribution >= 0.6 is 0 Å². The van der Waals surface area contributed by atoms with E-state index in [1.165, 1.54) is 5.69 Å². The van der Waals surface area contributed by atoms with E-state index < -0.39 is 0 Å². The maximum Gasteiger partial charge on any atom is 0.223 e. The molecule has 0 aliphatic carbocycles. The highest BCUT2D eigenvalue weighted by Gasteiger charge is 2.21. The zero-order valence-electron chi connectivity index (χ0n) is 11.6. The lowest BCUT2D eigenvalue weighted by atomic mass is 10.1. The summed E-state index contributed by atoms with van der Waals surface area (Å²) in [6.07, 6.45) is 0.571. The third-order valence-electron chi connectivity index (χ3n) is 3.68. The average molecular weight is 261 g/mol. The summed E-state index contributed by atoms with van der Waals surface area (Å²) in [6, 6.07) is 10.4. The minimum Gasteiger partial charge on any atom is -0.368 e. The summed E-state index contributed by atoms with van der Waals surface area (Å²) in [6.45, 7) is 6.05. The Kier molecular flexibility index (Phi) is 4.80. The van der Waals surface area contributed by atoms with Crippen molar-refractivity contribution in [2.24, 2.45) is 11.7 Å². The second-order valence-corrected chi connectivity index (χ2v) is 5.25. The Labute approximate surface area is 115 Å². The number of benzene rings is 1. The van der Waals surface area contributed by atoms with Gasteiger partial charge in [-0.25, -0.2) is 0 Å². The first-order valence-electron chi connectivity index (χ1n) is 6.98. The van der Waals surface area contributed by atoms with Crippen LogP contribution in [0.25, 0.3) is 0 Å². The molecule has 1 unspecified atom stereocenters. The highest BCUT2D eigenvalue weighted by atomic mass is 16.2. The van der Waals surface area contributed by atoms with E-state index in [-0.39, 0.29) is 11.8 Å². The molecule has 1 aliphatic heterocycles. The monoisotopic (exact) mass is 261 g/mol. The third kappa shape index (κ3) is 3.70. The molecule has 1 amide bonds. The van der Waals surface area contributed by atoms with Crippen LogP contribution in [0.2, 0.25) is 0 Å². The summed E-state index contributed by atoms with van der Waals surface area (Å²) in [5.41, 5.74) is 6.81. The molecule has 1 atom stereocenters. The normalized spacial score (nSPS) is 17.4. The number of hydrogen-bond acceptors (Lipinski definition) is 3. The molecular weight excluding hydrogens is 238 g/mol. The van der Waals surface area contributed by atoms with Crippen LogP contribution in [-0.4, -0.2) is 43.5 Å². The zero-order valence-corrected chi connectivity index (χ0v) is 11.6. The fourth-order valence-corrected chi connectivity index (χ4v) is 2.36. The van der Waals surface area contributed by atoms with Crippen molar-refractivity contribution in [1.29, 1.82) is 0 Å². The number of para-hydroxylation sites is 1. The lowest BCUT2D eigenvalue weighted by Gasteiger charge is -2.36. The summed E-state index contributed by atoms with van der Waals surface area (Å²) in [7, 11) is 0. The number of piperazine rings is 1. The van der Waals surface area contributed by atoms with E-state index in [0.29, 0.717) is 13.0 Å². The summed E-state index contributed by atoms with van der Waals surface area (Å²) in [5, 5.41) is 0. The second kappa shape index (κ2) is 6.57. The van der Waals surface area contributed by atoms with E-state index in [1.54, 1.807) is 0 Å². The number of nitrogens with zero attached hydrogens (tertiary/aromatic N) is 2. The SMILES string of the molecule is CC(CN)CC(=O)N1CCN(c2ccccc2)CC1. The van der Waals surface area contributed by atoms with Gasteiger partial charge in [0.1, 0.15) is 0 Å². The fraction of sp³-hybridized carbons (Fsp3) is 0.533. The van der Waals surface area contributed by atoms with E-state index >= 15 is 0 Å². The maximum absolute atomic E-state index is 12.1. The molecule has 1 fully saturated rings. The van der Waals surface area contributed by atoms with Gasteiger partial charge < -0.3 is 15.5 Å². The van der Waals surface area contributed by atoms with Gasteiger partial charge in [-0.3, -0.25) is 4.79 Å². The minimum absolute atomic E-state index is 0.241. The first kappa shape index (κ1) is 13.9. The summed E-state index contributed by atoms with van der Waals surface area (Å²) in [5.74, 6) is 0.519. The average Bonchev–Trinajstić information content (AvgIpc) is 2.48. The van der Waals surface area contributed by atoms with Crippen LogP contribution in [0.3, 0.4) is 0 Å². The third-order valence-corrected chi connectivity index (χ3v) is 3.68. The quantitative estimate of drug-likeness (QED) is 0.889. The number of rotatable bonds is 4. The summed E-state index contributed by atoms with van der Waals surface area (Å²) < 4.78 is 0. The molecule has 2 rings (SSSR count). The Morgan fingerprint density at radius 2 is 1.84 bits per heavy atom. The van der Waals surface area contributed by atoms with Gasteiger partial charge in [-0.05, 0) is 24.6 Å². The van der Waals surface area contributed by atoms with Crippen molar-refractivity contribution in [3.05, 3.63) is 30.3 Å². The van der Waals surface area contributed by atoms with Gasteiger partial charge >= 0.3 is 0 Å². The first-order valence-corrected chi connectivity index (χ1v) is 6.98. The first-order chi connectivity index (χ1) is 9.20. The van der Waals surface area contributed by atoms with Gasteiger partial charge in [0, 0.05) is 38.3 Å². The molecule has 4 nitrogen and oxygen atoms in total. The molecule has 1 heterocycles. The Balaban J connectivity index is 1.84. The smallest absolute Gasteiger partial charge is 0.223 e. The molecule has 0 bridgehead atoms. The van der Waals surface area contributed by atoms with Crippen LogP contribution in [0.1, 0.15) is 13.3 Å². The Bertz CT molecular complexity index is 399. The van der Waals surface area contributed by atoms with E-state index in [4.69, 9.17) is 5.73 Å². The van der Waals surface area contributed by atoms with Crippen molar-refractivity contribution in [1.82, 2.24) is 4.90 Å². The molecule has 1 aromatic rings. The predicted molar refractivity (Wildman–Crippen MR) is 78.1 cm³/mol. The molecule has 0 aromatic heterocycles. The van der Waals surface area contributed by atoms with E-state index in [9.17, 15) is 4.79 Å². The maximum atomic E-state index is 12.1. The molecule has 0 spiro atoms. The van der Waals surface area contributed by atoms with Crippen molar-refractivity contribution in [3.8, 4) is 0 Å². The van der Waals surface area contributed by atoms with Crippen LogP contribution in [0, 0.1) is 5.92 Å². The molecule has 0 radical (unpaired) electrons. The predicted octanol–water partition coefficient (Wildman–Crippen LogP) is 1.32. The van der Waals surface area contributed by atoms with Gasteiger partial charge in [0.2, 0.25) is 5.91 Å². The van der Waals surface area contributed by atoms with Crippen LogP contribution in [0.5, 0.6) is 0 Å². The van der Waals surface area contributed by atoms with Crippen molar-refractivity contribution in [2.45, 2.75) is 13.3 Å². The number of amides is 1. The fourth-order valence-electron chi connectivity index (χ4n) is 2.36. The molecule has 1 saturated heterocycles. The molecule has 19 heavy (non-hydrogen) atoms. The molecule has 0 saturated carbocycles. The number of nitrogens with two attached hydrogens (primary N) is 1. The van der Waals surface area contributed by atoms with Crippen LogP contribution < -0.4 is 10.6 Å². The molecule has 2 N–H and O–H groups in total. The van der Waals surface area contributed by atoms with Gasteiger partial charge in [-0.15, -0.1) is 0 Å². The van der Waals surface area contributed by atoms with Gasteiger partial charge in [0.15, 0.2) is 0 Å². The lowest BCUT2D eigenvalue weighted by molar-refractivity contribution is -0.132. The highest BCUT2D eigenvalue weighted by Crippen LogP contribution is 2.16. The van der Waals surface area contributed by atoms with Gasteiger partial charge in [-0.2, -0.15) is 0 Å². The van der Waals surface area contributed by atoms with E-state index in [0.717, 1.165) is 26.2 Å². The largest absolute Gasteiger partial charge is 0.368 e. The van der Waals surface area contributed by atoms with Crippen molar-refractivity contribution >= 4 is 11.6 Å². The van der Waals surface area contributed by atoms with E-state index in [2.05, 4.69) is 29.2 Å². The van der Waals surface area contributed by atoms with Crippen LogP contribution in [0.4, 0.5) is 5.69 Å². The van der Waals surface area contributed by atoms with Gasteiger partial charge in [0.25, 0.3) is 0 Å². The molecule has 104 valence electrons. The molecular formula is C15H23N3O. The number of carbonyl (C=O) groups excluding carboxylic acids is 1. The standard InChI is InChI=1S/C15H23N3O/c1-13(12-16)11-15(19)18-9-7-17(8-10-18)14-5-3-2-4-6-14/h2-6,13H,7-12,16H2,1H3. The number of carbonyl (C=O) groups is 1. The topological polar surface area (TPSA) is 49.6 Å². The number of hydrogen-bond donors (Lipinski definition) is 1. The number of anilines is 1. The van der Waals surface area contributed by atoms with Crippen molar-refractivity contribution in [3.63, 3.8) is 0 Å². The Hall–Kier alpha value is -1.55. The van der Waals surface area contributed by atoms with Gasteiger partial charge in [-0.1, -0.05) is 25.1 Å². The summed E-state index contributed by atoms with van der Waals surface area (Å²) in [4.78, 5) is 16.4. The zero-order chi connectivity index (χ0) is 13.7. The van der Waals surface area contributed by atoms with Crippen LogP contribution in [-0.2, 0) is 4.79 Å². The minimum atomic E-state index is 0.241. The Morgan fingerprint density at radius 3 is 2.42 bits per heavy atom. The van der Waals surface area contributed by atoms with Crippen molar-refractivity contribution in [2.75, 3.05) is 37.6 Å². The van der Waals surface area contributed by atoms with E-state index in [1.807, 2.05) is 17.9 Å².